The van der Waals surface area contributed by atoms with Gasteiger partial charge in [0.15, 0.2) is 5.65 Å². The molecule has 0 unspecified atom stereocenters. The first-order chi connectivity index (χ1) is 14.4. The van der Waals surface area contributed by atoms with Crippen LogP contribution in [-0.2, 0) is 0 Å². The number of carbonyl (C=O) groups is 1. The van der Waals surface area contributed by atoms with Crippen molar-refractivity contribution in [2.24, 2.45) is 5.92 Å². The molecular weight excluding hydrogens is 374 g/mol. The van der Waals surface area contributed by atoms with Gasteiger partial charge < -0.3 is 11.1 Å². The summed E-state index contributed by atoms with van der Waals surface area (Å²) in [6.45, 7) is 8.97. The fraction of sp³-hybridized carbons (Fsp3) is 0.292. The van der Waals surface area contributed by atoms with Gasteiger partial charge in [0.2, 0.25) is 0 Å². The summed E-state index contributed by atoms with van der Waals surface area (Å²) >= 11 is 0. The van der Waals surface area contributed by atoms with Gasteiger partial charge in [-0.3, -0.25) is 9.36 Å². The average Bonchev–Trinajstić information content (AvgIpc) is 2.98. The van der Waals surface area contributed by atoms with E-state index in [4.69, 9.17) is 15.7 Å². The maximum atomic E-state index is 13.1. The van der Waals surface area contributed by atoms with Crippen LogP contribution in [0.25, 0.3) is 27.9 Å². The third kappa shape index (κ3) is 3.49. The van der Waals surface area contributed by atoms with Crippen molar-refractivity contribution in [2.75, 3.05) is 12.3 Å². The minimum Gasteiger partial charge on any atom is -0.384 e. The summed E-state index contributed by atoms with van der Waals surface area (Å²) in [5.74, 6) is 0.638. The molecule has 2 aromatic heterocycles. The Bertz CT molecular complexity index is 1260. The van der Waals surface area contributed by atoms with E-state index in [0.29, 0.717) is 35.0 Å². The maximum absolute atomic E-state index is 13.1. The summed E-state index contributed by atoms with van der Waals surface area (Å²) in [6.07, 6.45) is 0.899. The number of nitrogens with one attached hydrogen (secondary N) is 1. The van der Waals surface area contributed by atoms with Gasteiger partial charge in [-0.15, -0.1) is 0 Å². The van der Waals surface area contributed by atoms with Crippen molar-refractivity contribution in [3.05, 3.63) is 59.2 Å². The predicted molar refractivity (Wildman–Crippen MR) is 122 cm³/mol. The molecular formula is C24H27N5O. The number of amides is 1. The van der Waals surface area contributed by atoms with Gasteiger partial charge in [-0.2, -0.15) is 0 Å². The van der Waals surface area contributed by atoms with E-state index in [9.17, 15) is 4.79 Å². The van der Waals surface area contributed by atoms with Crippen LogP contribution >= 0.6 is 0 Å². The average molecular weight is 402 g/mol. The molecule has 30 heavy (non-hydrogen) atoms. The summed E-state index contributed by atoms with van der Waals surface area (Å²) in [4.78, 5) is 22.7. The Labute approximate surface area is 176 Å². The zero-order valence-corrected chi connectivity index (χ0v) is 17.9. The van der Waals surface area contributed by atoms with Gasteiger partial charge in [-0.25, -0.2) is 9.97 Å². The first-order valence-corrected chi connectivity index (χ1v) is 10.3. The lowest BCUT2D eigenvalue weighted by Gasteiger charge is -2.10. The SMILES string of the molecule is Cc1ccc(-n2c(N)c(C(=O)NCCC(C)C)c3nc4ccccc4nc32)cc1C. The molecule has 0 saturated carbocycles. The van der Waals surface area contributed by atoms with Crippen LogP contribution in [0.5, 0.6) is 0 Å². The van der Waals surface area contributed by atoms with Crippen LogP contribution in [0.15, 0.2) is 42.5 Å². The molecule has 6 heteroatoms. The lowest BCUT2D eigenvalue weighted by Crippen LogP contribution is -2.26. The van der Waals surface area contributed by atoms with Crippen molar-refractivity contribution in [3.63, 3.8) is 0 Å². The molecule has 0 radical (unpaired) electrons. The molecule has 0 saturated heterocycles. The summed E-state index contributed by atoms with van der Waals surface area (Å²) < 4.78 is 1.83. The van der Waals surface area contributed by atoms with Crippen molar-refractivity contribution in [1.82, 2.24) is 19.9 Å². The van der Waals surface area contributed by atoms with Crippen LogP contribution in [0.2, 0.25) is 0 Å². The third-order valence-electron chi connectivity index (χ3n) is 5.48. The molecule has 0 aliphatic rings. The lowest BCUT2D eigenvalue weighted by atomic mass is 10.1. The Kier molecular flexibility index (Phi) is 5.16. The van der Waals surface area contributed by atoms with E-state index < -0.39 is 0 Å². The Hall–Kier alpha value is -3.41. The number of nitrogen functional groups attached to an aromatic ring is 1. The smallest absolute Gasteiger partial charge is 0.257 e. The largest absolute Gasteiger partial charge is 0.384 e. The van der Waals surface area contributed by atoms with Crippen LogP contribution in [0, 0.1) is 19.8 Å². The first-order valence-electron chi connectivity index (χ1n) is 10.3. The number of benzene rings is 2. The number of aryl methyl sites for hydroxylation is 2. The number of carbonyl (C=O) groups excluding carboxylic acids is 1. The summed E-state index contributed by atoms with van der Waals surface area (Å²) in [5.41, 5.74) is 12.7. The summed E-state index contributed by atoms with van der Waals surface area (Å²) in [6, 6.07) is 13.7. The van der Waals surface area contributed by atoms with Crippen LogP contribution in [0.3, 0.4) is 0 Å². The summed E-state index contributed by atoms with van der Waals surface area (Å²) in [5, 5.41) is 3.00. The molecule has 4 aromatic rings. The number of rotatable bonds is 5. The van der Waals surface area contributed by atoms with E-state index in [0.717, 1.165) is 28.7 Å². The number of nitrogens with zero attached hydrogens (tertiary/aromatic N) is 3. The van der Waals surface area contributed by atoms with E-state index in [1.54, 1.807) is 0 Å². The number of para-hydroxylation sites is 2. The van der Waals surface area contributed by atoms with Crippen molar-refractivity contribution in [2.45, 2.75) is 34.1 Å². The minimum atomic E-state index is -0.217. The molecule has 0 bridgehead atoms. The number of fused-ring (bicyclic) bond motifs is 2. The van der Waals surface area contributed by atoms with Gasteiger partial charge in [-0.1, -0.05) is 32.0 Å². The molecule has 0 aliphatic carbocycles. The molecule has 4 rings (SSSR count). The highest BCUT2D eigenvalue weighted by Crippen LogP contribution is 2.31. The Morgan fingerprint density at radius 2 is 1.77 bits per heavy atom. The lowest BCUT2D eigenvalue weighted by molar-refractivity contribution is 0.0954. The second-order valence-corrected chi connectivity index (χ2v) is 8.19. The maximum Gasteiger partial charge on any atom is 0.257 e. The van der Waals surface area contributed by atoms with Crippen molar-refractivity contribution < 1.29 is 4.79 Å². The number of anilines is 1. The minimum absolute atomic E-state index is 0.217. The highest BCUT2D eigenvalue weighted by Gasteiger charge is 2.24. The van der Waals surface area contributed by atoms with Crippen LogP contribution < -0.4 is 11.1 Å². The monoisotopic (exact) mass is 401 g/mol. The number of hydrogen-bond acceptors (Lipinski definition) is 4. The molecule has 2 aromatic carbocycles. The quantitative estimate of drug-likeness (QED) is 0.514. The molecule has 154 valence electrons. The normalized spacial score (nSPS) is 11.5. The van der Waals surface area contributed by atoms with Gasteiger partial charge in [-0.05, 0) is 61.6 Å². The van der Waals surface area contributed by atoms with E-state index >= 15 is 0 Å². The third-order valence-corrected chi connectivity index (χ3v) is 5.48. The molecule has 3 N–H and O–H groups in total. The van der Waals surface area contributed by atoms with Gasteiger partial charge >= 0.3 is 0 Å². The van der Waals surface area contributed by atoms with Crippen LogP contribution in [-0.4, -0.2) is 27.0 Å². The highest BCUT2D eigenvalue weighted by molar-refractivity contribution is 6.11. The van der Waals surface area contributed by atoms with Gasteiger partial charge in [0.05, 0.1) is 11.0 Å². The van der Waals surface area contributed by atoms with Crippen LogP contribution in [0.4, 0.5) is 5.82 Å². The van der Waals surface area contributed by atoms with Gasteiger partial charge in [0.25, 0.3) is 5.91 Å². The first kappa shape index (κ1) is 19.9. The number of nitrogens with two attached hydrogens (primary N) is 1. The second kappa shape index (κ2) is 7.78. The molecule has 0 aliphatic heterocycles. The molecule has 0 atom stereocenters. The zero-order chi connectivity index (χ0) is 21.4. The topological polar surface area (TPSA) is 85.8 Å². The van der Waals surface area contributed by atoms with Gasteiger partial charge in [0, 0.05) is 12.2 Å². The summed E-state index contributed by atoms with van der Waals surface area (Å²) in [7, 11) is 0. The van der Waals surface area contributed by atoms with Crippen molar-refractivity contribution in [1.29, 1.82) is 0 Å². The van der Waals surface area contributed by atoms with Gasteiger partial charge in [0.1, 0.15) is 16.9 Å². The van der Waals surface area contributed by atoms with Crippen LogP contribution in [0.1, 0.15) is 41.8 Å². The molecule has 0 fully saturated rings. The van der Waals surface area contributed by atoms with E-state index in [1.165, 1.54) is 5.56 Å². The standard InChI is InChI=1S/C24H27N5O/c1-14(2)11-12-26-24(30)20-21-23(28-19-8-6-5-7-18(19)27-21)29(22(20)25)17-10-9-15(3)16(4)13-17/h5-10,13-14H,11-12,25H2,1-4H3,(H,26,30). The zero-order valence-electron chi connectivity index (χ0n) is 17.9. The fourth-order valence-corrected chi connectivity index (χ4v) is 3.57. The molecule has 1 amide bonds. The predicted octanol–water partition coefficient (Wildman–Crippen LogP) is 4.55. The van der Waals surface area contributed by atoms with E-state index in [2.05, 4.69) is 39.1 Å². The van der Waals surface area contributed by atoms with E-state index in [-0.39, 0.29) is 5.91 Å². The second-order valence-electron chi connectivity index (χ2n) is 8.19. The molecule has 2 heterocycles. The number of aromatic nitrogens is 3. The molecule has 6 nitrogen and oxygen atoms in total. The highest BCUT2D eigenvalue weighted by atomic mass is 16.1. The number of hydrogen-bond donors (Lipinski definition) is 2. The molecule has 0 spiro atoms. The Morgan fingerprint density at radius 3 is 2.43 bits per heavy atom. The Balaban J connectivity index is 1.94. The van der Waals surface area contributed by atoms with E-state index in [1.807, 2.05) is 41.0 Å². The van der Waals surface area contributed by atoms with Crippen molar-refractivity contribution >= 4 is 33.9 Å². The fourth-order valence-electron chi connectivity index (χ4n) is 3.57. The van der Waals surface area contributed by atoms with Crippen molar-refractivity contribution in [3.8, 4) is 5.69 Å². The Morgan fingerprint density at radius 1 is 1.07 bits per heavy atom.